The molecule has 8 heteroatoms. The van der Waals surface area contributed by atoms with Gasteiger partial charge in [-0.1, -0.05) is 22.4 Å². The van der Waals surface area contributed by atoms with Crippen molar-refractivity contribution in [1.82, 2.24) is 20.2 Å². The number of benzene rings is 1. The van der Waals surface area contributed by atoms with Crippen LogP contribution in [0, 0.1) is 25.6 Å². The van der Waals surface area contributed by atoms with E-state index >= 15 is 0 Å². The summed E-state index contributed by atoms with van der Waals surface area (Å²) in [5.74, 6) is 1.33. The molecule has 152 valence electrons. The number of aryl methyl sites for hydroxylation is 2. The molecule has 1 atom stereocenters. The molecular weight excluding hydrogens is 375 g/mol. The van der Waals surface area contributed by atoms with E-state index in [9.17, 15) is 9.18 Å². The zero-order chi connectivity index (χ0) is 20.4. The molecule has 1 saturated heterocycles. The number of rotatable bonds is 5. The summed E-state index contributed by atoms with van der Waals surface area (Å²) in [6.45, 7) is 5.05. The van der Waals surface area contributed by atoms with Gasteiger partial charge in [-0.25, -0.2) is 4.39 Å². The van der Waals surface area contributed by atoms with E-state index in [0.29, 0.717) is 36.6 Å². The van der Waals surface area contributed by atoms with Gasteiger partial charge in [0.2, 0.25) is 17.6 Å². The molecule has 0 saturated carbocycles. The first kappa shape index (κ1) is 19.3. The number of halogens is 1. The molecule has 0 aliphatic carbocycles. The fourth-order valence-electron chi connectivity index (χ4n) is 3.81. The van der Waals surface area contributed by atoms with Gasteiger partial charge in [0, 0.05) is 25.1 Å². The van der Waals surface area contributed by atoms with Crippen LogP contribution in [0.4, 0.5) is 4.39 Å². The van der Waals surface area contributed by atoms with Crippen LogP contribution in [0.3, 0.4) is 0 Å². The van der Waals surface area contributed by atoms with Crippen LogP contribution in [0.25, 0.3) is 11.4 Å². The quantitative estimate of drug-likeness (QED) is 0.654. The van der Waals surface area contributed by atoms with E-state index in [-0.39, 0.29) is 23.5 Å². The van der Waals surface area contributed by atoms with Gasteiger partial charge >= 0.3 is 0 Å². The number of nitrogens with zero attached hydrogens (tertiary/aromatic N) is 4. The molecule has 0 bridgehead atoms. The second-order valence-electron chi connectivity index (χ2n) is 7.52. The van der Waals surface area contributed by atoms with Gasteiger partial charge in [0.1, 0.15) is 11.6 Å². The first-order chi connectivity index (χ1) is 14.0. The van der Waals surface area contributed by atoms with E-state index < -0.39 is 0 Å². The number of carbonyl (C=O) groups is 1. The molecule has 1 aliphatic rings. The number of likely N-dealkylation sites (tertiary alicyclic amines) is 1. The Hall–Kier alpha value is -3.03. The maximum absolute atomic E-state index is 13.9. The smallest absolute Gasteiger partial charge is 0.227 e. The van der Waals surface area contributed by atoms with Gasteiger partial charge in [-0.2, -0.15) is 4.98 Å². The molecule has 1 aliphatic heterocycles. The SMILES string of the molecule is Cc1noc(C)c1CC(=O)N1CCC[C@@H](Cc2nc(-c3ccccc3F)no2)C1. The Bertz CT molecular complexity index is 994. The van der Waals surface area contributed by atoms with Gasteiger partial charge in [-0.15, -0.1) is 0 Å². The topological polar surface area (TPSA) is 85.3 Å². The Balaban J connectivity index is 1.39. The predicted molar refractivity (Wildman–Crippen MR) is 102 cm³/mol. The minimum Gasteiger partial charge on any atom is -0.361 e. The Morgan fingerprint density at radius 1 is 1.24 bits per heavy atom. The van der Waals surface area contributed by atoms with Crippen LogP contribution < -0.4 is 0 Å². The number of piperidine rings is 1. The first-order valence-electron chi connectivity index (χ1n) is 9.78. The molecule has 3 heterocycles. The second kappa shape index (κ2) is 8.14. The minimum absolute atomic E-state index is 0.0710. The van der Waals surface area contributed by atoms with E-state index in [0.717, 1.165) is 30.6 Å². The van der Waals surface area contributed by atoms with Crippen molar-refractivity contribution < 1.29 is 18.2 Å². The summed E-state index contributed by atoms with van der Waals surface area (Å²) in [6.07, 6.45) is 2.77. The Kier molecular flexibility index (Phi) is 5.42. The molecule has 4 rings (SSSR count). The molecule has 1 fully saturated rings. The van der Waals surface area contributed by atoms with Crippen molar-refractivity contribution in [2.75, 3.05) is 13.1 Å². The van der Waals surface area contributed by atoms with Crippen LogP contribution in [0.2, 0.25) is 0 Å². The average molecular weight is 398 g/mol. The first-order valence-corrected chi connectivity index (χ1v) is 9.78. The Morgan fingerprint density at radius 3 is 2.83 bits per heavy atom. The highest BCUT2D eigenvalue weighted by Crippen LogP contribution is 2.24. The summed E-state index contributed by atoms with van der Waals surface area (Å²) >= 11 is 0. The largest absolute Gasteiger partial charge is 0.361 e. The molecule has 3 aromatic rings. The van der Waals surface area contributed by atoms with Gasteiger partial charge in [-0.05, 0) is 44.7 Å². The van der Waals surface area contributed by atoms with E-state index in [1.54, 1.807) is 18.2 Å². The van der Waals surface area contributed by atoms with Crippen LogP contribution in [-0.2, 0) is 17.6 Å². The summed E-state index contributed by atoms with van der Waals surface area (Å²) < 4.78 is 24.4. The van der Waals surface area contributed by atoms with Gasteiger partial charge in [0.05, 0.1) is 17.7 Å². The van der Waals surface area contributed by atoms with Crippen molar-refractivity contribution in [3.8, 4) is 11.4 Å². The van der Waals surface area contributed by atoms with Crippen LogP contribution in [-0.4, -0.2) is 39.2 Å². The van der Waals surface area contributed by atoms with Gasteiger partial charge < -0.3 is 13.9 Å². The number of aromatic nitrogens is 3. The number of carbonyl (C=O) groups excluding carboxylic acids is 1. The molecule has 29 heavy (non-hydrogen) atoms. The van der Waals surface area contributed by atoms with E-state index in [1.165, 1.54) is 6.07 Å². The highest BCUT2D eigenvalue weighted by molar-refractivity contribution is 5.79. The zero-order valence-corrected chi connectivity index (χ0v) is 16.5. The third kappa shape index (κ3) is 4.21. The van der Waals surface area contributed by atoms with Gasteiger partial charge in [-0.3, -0.25) is 4.79 Å². The molecule has 2 aromatic heterocycles. The maximum atomic E-state index is 13.9. The fraction of sp³-hybridized carbons (Fsp3) is 0.429. The maximum Gasteiger partial charge on any atom is 0.227 e. The lowest BCUT2D eigenvalue weighted by Gasteiger charge is -2.32. The lowest BCUT2D eigenvalue weighted by Crippen LogP contribution is -2.41. The summed E-state index contributed by atoms with van der Waals surface area (Å²) in [4.78, 5) is 19.0. The minimum atomic E-state index is -0.381. The molecule has 1 amide bonds. The molecular formula is C21H23FN4O3. The number of hydrogen-bond acceptors (Lipinski definition) is 6. The van der Waals surface area contributed by atoms with Crippen molar-refractivity contribution in [3.63, 3.8) is 0 Å². The summed E-state index contributed by atoms with van der Waals surface area (Å²) in [5.41, 5.74) is 1.95. The molecule has 7 nitrogen and oxygen atoms in total. The standard InChI is InChI=1S/C21H23FN4O3/c1-13-17(14(2)28-24-13)11-20(27)26-9-5-6-15(12-26)10-19-23-21(25-29-19)16-7-3-4-8-18(16)22/h3-4,7-8,15H,5-6,9-12H2,1-2H3/t15-/m0/s1. The molecule has 0 N–H and O–H groups in total. The highest BCUT2D eigenvalue weighted by atomic mass is 19.1. The lowest BCUT2D eigenvalue weighted by atomic mass is 9.94. The number of hydrogen-bond donors (Lipinski definition) is 0. The Labute approximate surface area is 167 Å². The lowest BCUT2D eigenvalue weighted by molar-refractivity contribution is -0.132. The predicted octanol–water partition coefficient (Wildman–Crippen LogP) is 3.50. The van der Waals surface area contributed by atoms with E-state index in [1.807, 2.05) is 18.7 Å². The molecule has 1 aromatic carbocycles. The molecule has 0 spiro atoms. The summed E-state index contributed by atoms with van der Waals surface area (Å²) in [6, 6.07) is 6.35. The van der Waals surface area contributed by atoms with Crippen molar-refractivity contribution in [2.45, 2.75) is 39.5 Å². The third-order valence-corrected chi connectivity index (χ3v) is 5.43. The van der Waals surface area contributed by atoms with Crippen molar-refractivity contribution in [1.29, 1.82) is 0 Å². The molecule has 0 unspecified atom stereocenters. The monoisotopic (exact) mass is 398 g/mol. The highest BCUT2D eigenvalue weighted by Gasteiger charge is 2.27. The third-order valence-electron chi connectivity index (χ3n) is 5.43. The molecule has 0 radical (unpaired) electrons. The summed E-state index contributed by atoms with van der Waals surface area (Å²) in [7, 11) is 0. The average Bonchev–Trinajstić information content (AvgIpc) is 3.30. The fourth-order valence-corrected chi connectivity index (χ4v) is 3.81. The summed E-state index contributed by atoms with van der Waals surface area (Å²) in [5, 5.41) is 7.83. The van der Waals surface area contributed by atoms with Crippen LogP contribution in [0.15, 0.2) is 33.3 Å². The van der Waals surface area contributed by atoms with Gasteiger partial charge in [0.15, 0.2) is 0 Å². The van der Waals surface area contributed by atoms with Gasteiger partial charge in [0.25, 0.3) is 0 Å². The second-order valence-corrected chi connectivity index (χ2v) is 7.52. The van der Waals surface area contributed by atoms with E-state index in [4.69, 9.17) is 9.05 Å². The van der Waals surface area contributed by atoms with E-state index in [2.05, 4.69) is 15.3 Å². The van der Waals surface area contributed by atoms with Crippen LogP contribution in [0.5, 0.6) is 0 Å². The number of amides is 1. The normalized spacial score (nSPS) is 16.9. The van der Waals surface area contributed by atoms with Crippen molar-refractivity contribution in [3.05, 3.63) is 53.0 Å². The van der Waals surface area contributed by atoms with Crippen molar-refractivity contribution in [2.24, 2.45) is 5.92 Å². The zero-order valence-electron chi connectivity index (χ0n) is 16.5. The van der Waals surface area contributed by atoms with Crippen LogP contribution >= 0.6 is 0 Å². The van der Waals surface area contributed by atoms with Crippen molar-refractivity contribution >= 4 is 5.91 Å². The Morgan fingerprint density at radius 2 is 2.07 bits per heavy atom. The van der Waals surface area contributed by atoms with Crippen LogP contribution in [0.1, 0.15) is 35.7 Å².